The second-order valence-corrected chi connectivity index (χ2v) is 7.83. The van der Waals surface area contributed by atoms with E-state index in [9.17, 15) is 9.59 Å². The number of rotatable bonds is 7. The molecular formula is C21H24Cl2N4O2. The summed E-state index contributed by atoms with van der Waals surface area (Å²) in [6.07, 6.45) is 2.22. The number of aryl methyl sites for hydroxylation is 1. The molecule has 0 aliphatic rings. The Morgan fingerprint density at radius 2 is 1.72 bits per heavy atom. The highest BCUT2D eigenvalue weighted by Crippen LogP contribution is 2.27. The molecule has 0 aliphatic carbocycles. The molecule has 29 heavy (non-hydrogen) atoms. The minimum absolute atomic E-state index is 0.438. The molecule has 0 heterocycles. The fourth-order valence-electron chi connectivity index (χ4n) is 2.39. The van der Waals surface area contributed by atoms with Crippen molar-refractivity contribution in [3.05, 3.63) is 57.6 Å². The molecule has 0 fully saturated rings. The molecule has 8 heteroatoms. The van der Waals surface area contributed by atoms with Gasteiger partial charge in [-0.3, -0.25) is 9.59 Å². The summed E-state index contributed by atoms with van der Waals surface area (Å²) in [5.74, 6) is -1.11. The van der Waals surface area contributed by atoms with Crippen molar-refractivity contribution in [1.29, 1.82) is 0 Å². The first-order valence-corrected chi connectivity index (χ1v) is 9.96. The van der Waals surface area contributed by atoms with Gasteiger partial charge in [-0.1, -0.05) is 43.1 Å². The number of carbonyl (C=O) groups excluding carboxylic acids is 2. The van der Waals surface area contributed by atoms with Gasteiger partial charge in [-0.15, -0.1) is 0 Å². The molecule has 2 amide bonds. The summed E-state index contributed by atoms with van der Waals surface area (Å²) in [5, 5.41) is 10.8. The zero-order valence-electron chi connectivity index (χ0n) is 16.6. The van der Waals surface area contributed by atoms with Crippen molar-refractivity contribution in [2.24, 2.45) is 11.0 Å². The first-order valence-electron chi connectivity index (χ1n) is 9.20. The lowest BCUT2D eigenvalue weighted by Gasteiger charge is -2.13. The van der Waals surface area contributed by atoms with Crippen LogP contribution in [0.25, 0.3) is 0 Å². The average molecular weight is 435 g/mol. The van der Waals surface area contributed by atoms with Crippen molar-refractivity contribution in [3.63, 3.8) is 0 Å². The second-order valence-electron chi connectivity index (χ2n) is 6.95. The molecule has 0 saturated heterocycles. The molecule has 0 radical (unpaired) electrons. The molecule has 2 rings (SSSR count). The van der Waals surface area contributed by atoms with Crippen molar-refractivity contribution in [2.75, 3.05) is 11.9 Å². The highest BCUT2D eigenvalue weighted by Gasteiger charge is 2.12. The minimum atomic E-state index is -0.827. The van der Waals surface area contributed by atoms with E-state index in [1.807, 2.05) is 39.0 Å². The third kappa shape index (κ3) is 7.40. The van der Waals surface area contributed by atoms with E-state index in [1.54, 1.807) is 18.2 Å². The van der Waals surface area contributed by atoms with Gasteiger partial charge >= 0.3 is 11.8 Å². The van der Waals surface area contributed by atoms with E-state index in [2.05, 4.69) is 21.2 Å². The van der Waals surface area contributed by atoms with Crippen molar-refractivity contribution in [3.8, 4) is 0 Å². The van der Waals surface area contributed by atoms with Crippen LogP contribution in [0.2, 0.25) is 10.0 Å². The van der Waals surface area contributed by atoms with Crippen LogP contribution in [-0.2, 0) is 9.59 Å². The molecule has 0 atom stereocenters. The van der Waals surface area contributed by atoms with E-state index >= 15 is 0 Å². The van der Waals surface area contributed by atoms with Gasteiger partial charge in [0.2, 0.25) is 0 Å². The maximum Gasteiger partial charge on any atom is 0.329 e. The van der Waals surface area contributed by atoms with Gasteiger partial charge in [0.1, 0.15) is 0 Å². The zero-order chi connectivity index (χ0) is 21.4. The third-order valence-corrected chi connectivity index (χ3v) is 4.54. The average Bonchev–Trinajstić information content (AvgIpc) is 2.66. The summed E-state index contributed by atoms with van der Waals surface area (Å²) < 4.78 is 0. The van der Waals surface area contributed by atoms with Gasteiger partial charge in [0.15, 0.2) is 0 Å². The van der Waals surface area contributed by atoms with E-state index in [4.69, 9.17) is 23.2 Å². The first kappa shape index (κ1) is 22.7. The van der Waals surface area contributed by atoms with Gasteiger partial charge < -0.3 is 10.6 Å². The summed E-state index contributed by atoms with van der Waals surface area (Å²) in [5.41, 5.74) is 5.43. The van der Waals surface area contributed by atoms with Crippen molar-refractivity contribution in [1.82, 2.24) is 10.7 Å². The van der Waals surface area contributed by atoms with Crippen LogP contribution in [0.3, 0.4) is 0 Å². The number of amides is 2. The summed E-state index contributed by atoms with van der Waals surface area (Å²) >= 11 is 12.2. The Hall–Kier alpha value is -2.57. The summed E-state index contributed by atoms with van der Waals surface area (Å²) in [6.45, 7) is 6.48. The molecule has 0 saturated carbocycles. The molecule has 6 nitrogen and oxygen atoms in total. The molecule has 0 spiro atoms. The fraction of sp³-hybridized carbons (Fsp3) is 0.286. The van der Waals surface area contributed by atoms with Crippen LogP contribution in [0, 0.1) is 12.8 Å². The number of hydrogen-bond donors (Lipinski definition) is 3. The summed E-state index contributed by atoms with van der Waals surface area (Å²) in [6, 6.07) is 10.8. The van der Waals surface area contributed by atoms with Crippen LogP contribution in [0.1, 0.15) is 31.4 Å². The van der Waals surface area contributed by atoms with Gasteiger partial charge in [0, 0.05) is 33.5 Å². The van der Waals surface area contributed by atoms with Crippen molar-refractivity contribution < 1.29 is 9.59 Å². The SMILES string of the molecule is Cc1ccc(Cl)cc1Nc1ccc(Cl)cc1/C=N\NC(=O)C(=O)NCCC(C)C. The molecule has 0 aromatic heterocycles. The van der Waals surface area contributed by atoms with Crippen LogP contribution >= 0.6 is 23.2 Å². The van der Waals surface area contributed by atoms with E-state index < -0.39 is 11.8 Å². The highest BCUT2D eigenvalue weighted by molar-refractivity contribution is 6.35. The van der Waals surface area contributed by atoms with E-state index in [1.165, 1.54) is 6.21 Å². The van der Waals surface area contributed by atoms with Crippen LogP contribution in [-0.4, -0.2) is 24.6 Å². The Labute approximate surface area is 180 Å². The number of hydrazone groups is 1. The molecular weight excluding hydrogens is 411 g/mol. The van der Waals surface area contributed by atoms with Gasteiger partial charge in [0.25, 0.3) is 0 Å². The van der Waals surface area contributed by atoms with Crippen LogP contribution in [0.5, 0.6) is 0 Å². The maximum atomic E-state index is 11.8. The standard InChI is InChI=1S/C21H24Cl2N4O2/c1-13(2)8-9-24-20(28)21(29)27-25-12-15-10-16(22)6-7-18(15)26-19-11-17(23)5-4-14(19)3/h4-7,10-13,26H,8-9H2,1-3H3,(H,24,28)(H,27,29)/b25-12-. The van der Waals surface area contributed by atoms with E-state index in [-0.39, 0.29) is 0 Å². The monoisotopic (exact) mass is 434 g/mol. The Morgan fingerprint density at radius 1 is 1.03 bits per heavy atom. The van der Waals surface area contributed by atoms with Crippen LogP contribution in [0.4, 0.5) is 11.4 Å². The summed E-state index contributed by atoms with van der Waals surface area (Å²) in [7, 11) is 0. The maximum absolute atomic E-state index is 11.8. The van der Waals surface area contributed by atoms with Crippen molar-refractivity contribution in [2.45, 2.75) is 27.2 Å². The molecule has 2 aromatic carbocycles. The number of carbonyl (C=O) groups is 2. The largest absolute Gasteiger partial charge is 0.355 e. The Bertz CT molecular complexity index is 914. The molecule has 2 aromatic rings. The number of benzene rings is 2. The summed E-state index contributed by atoms with van der Waals surface area (Å²) in [4.78, 5) is 23.6. The van der Waals surface area contributed by atoms with Crippen LogP contribution < -0.4 is 16.1 Å². The van der Waals surface area contributed by atoms with Gasteiger partial charge in [-0.2, -0.15) is 5.10 Å². The molecule has 3 N–H and O–H groups in total. The Morgan fingerprint density at radius 3 is 2.45 bits per heavy atom. The van der Waals surface area contributed by atoms with Gasteiger partial charge in [-0.25, -0.2) is 5.43 Å². The third-order valence-electron chi connectivity index (χ3n) is 4.07. The zero-order valence-corrected chi connectivity index (χ0v) is 18.1. The molecule has 154 valence electrons. The molecule has 0 bridgehead atoms. The second kappa shape index (κ2) is 10.8. The Kier molecular flexibility index (Phi) is 8.49. The molecule has 0 aliphatic heterocycles. The lowest BCUT2D eigenvalue weighted by molar-refractivity contribution is -0.139. The number of nitrogens with one attached hydrogen (secondary N) is 3. The molecule has 0 unspecified atom stereocenters. The normalized spacial score (nSPS) is 11.0. The quantitative estimate of drug-likeness (QED) is 0.336. The van der Waals surface area contributed by atoms with E-state index in [0.717, 1.165) is 23.4 Å². The number of anilines is 2. The topological polar surface area (TPSA) is 82.6 Å². The van der Waals surface area contributed by atoms with Crippen molar-refractivity contribution >= 4 is 52.6 Å². The number of nitrogens with zero attached hydrogens (tertiary/aromatic N) is 1. The number of halogens is 2. The predicted octanol–water partition coefficient (Wildman–Crippen LogP) is 4.66. The van der Waals surface area contributed by atoms with Gasteiger partial charge in [0.05, 0.1) is 6.21 Å². The van der Waals surface area contributed by atoms with Gasteiger partial charge in [-0.05, 0) is 55.2 Å². The minimum Gasteiger partial charge on any atom is -0.355 e. The Balaban J connectivity index is 2.06. The lowest BCUT2D eigenvalue weighted by atomic mass is 10.1. The first-order chi connectivity index (χ1) is 13.8. The number of hydrogen-bond acceptors (Lipinski definition) is 4. The predicted molar refractivity (Wildman–Crippen MR) is 119 cm³/mol. The smallest absolute Gasteiger partial charge is 0.329 e. The highest BCUT2D eigenvalue weighted by atomic mass is 35.5. The lowest BCUT2D eigenvalue weighted by Crippen LogP contribution is -2.38. The van der Waals surface area contributed by atoms with E-state index in [0.29, 0.717) is 28.1 Å². The van der Waals surface area contributed by atoms with Crippen LogP contribution in [0.15, 0.2) is 41.5 Å². The fourth-order valence-corrected chi connectivity index (χ4v) is 2.75.